The molecular formula is C14H17Cl2N3S. The van der Waals surface area contributed by atoms with Crippen molar-refractivity contribution in [3.8, 4) is 0 Å². The van der Waals surface area contributed by atoms with Crippen LogP contribution in [0.4, 0.5) is 0 Å². The van der Waals surface area contributed by atoms with Gasteiger partial charge in [0.1, 0.15) is 0 Å². The number of nitrogens with two attached hydrogens (primary N) is 1. The lowest BCUT2D eigenvalue weighted by Gasteiger charge is -2.12. The molecule has 0 amide bonds. The Morgan fingerprint density at radius 1 is 1.35 bits per heavy atom. The van der Waals surface area contributed by atoms with Crippen LogP contribution in [0.25, 0.3) is 0 Å². The molecule has 3 nitrogen and oxygen atoms in total. The summed E-state index contributed by atoms with van der Waals surface area (Å²) in [6, 6.07) is 7.78. The Hall–Kier alpha value is -0.680. The molecule has 2 N–H and O–H groups in total. The third-order valence-corrected chi connectivity index (χ3v) is 5.20. The topological polar surface area (TPSA) is 43.8 Å². The molecule has 0 bridgehead atoms. The Morgan fingerprint density at radius 3 is 2.65 bits per heavy atom. The van der Waals surface area contributed by atoms with Gasteiger partial charge in [-0.2, -0.15) is 5.10 Å². The number of nitrogens with zero attached hydrogens (tertiary/aromatic N) is 2. The molecule has 1 aromatic heterocycles. The fourth-order valence-electron chi connectivity index (χ4n) is 1.97. The maximum Gasteiger partial charge on any atom is 0.0847 e. The van der Waals surface area contributed by atoms with Gasteiger partial charge in [-0.1, -0.05) is 35.3 Å². The SMILES string of the molecule is Cc1nn(C)c(CC(N)CSc2ccccc2Cl)c1Cl. The van der Waals surface area contributed by atoms with Crippen molar-refractivity contribution in [3.63, 3.8) is 0 Å². The predicted molar refractivity (Wildman–Crippen MR) is 86.8 cm³/mol. The van der Waals surface area contributed by atoms with Crippen LogP contribution in [-0.4, -0.2) is 21.6 Å². The molecule has 0 aliphatic heterocycles. The number of aromatic nitrogens is 2. The molecule has 0 aliphatic carbocycles. The van der Waals surface area contributed by atoms with Gasteiger partial charge >= 0.3 is 0 Å². The van der Waals surface area contributed by atoms with Crippen molar-refractivity contribution in [1.82, 2.24) is 9.78 Å². The molecule has 0 fully saturated rings. The number of hydrogen-bond acceptors (Lipinski definition) is 3. The Bertz CT molecular complexity index is 598. The predicted octanol–water partition coefficient (Wildman–Crippen LogP) is 3.70. The van der Waals surface area contributed by atoms with Gasteiger partial charge in [-0.15, -0.1) is 11.8 Å². The minimum Gasteiger partial charge on any atom is -0.327 e. The van der Waals surface area contributed by atoms with E-state index in [1.807, 2.05) is 38.2 Å². The number of benzene rings is 1. The van der Waals surface area contributed by atoms with Crippen molar-refractivity contribution >= 4 is 35.0 Å². The zero-order chi connectivity index (χ0) is 14.7. The summed E-state index contributed by atoms with van der Waals surface area (Å²) in [6.07, 6.45) is 0.702. The average molecular weight is 330 g/mol. The van der Waals surface area contributed by atoms with Gasteiger partial charge in [0.05, 0.1) is 21.4 Å². The summed E-state index contributed by atoms with van der Waals surface area (Å²) in [7, 11) is 1.89. The number of aryl methyl sites for hydroxylation is 2. The molecule has 1 unspecified atom stereocenters. The lowest BCUT2D eigenvalue weighted by atomic mass is 10.2. The maximum atomic E-state index is 6.23. The summed E-state index contributed by atoms with van der Waals surface area (Å²) in [4.78, 5) is 1.05. The van der Waals surface area contributed by atoms with Crippen molar-refractivity contribution in [2.24, 2.45) is 12.8 Å². The zero-order valence-electron chi connectivity index (χ0n) is 11.4. The van der Waals surface area contributed by atoms with Gasteiger partial charge < -0.3 is 5.73 Å². The van der Waals surface area contributed by atoms with E-state index in [-0.39, 0.29) is 6.04 Å². The second-order valence-electron chi connectivity index (χ2n) is 4.68. The van der Waals surface area contributed by atoms with Crippen LogP contribution < -0.4 is 5.73 Å². The highest BCUT2D eigenvalue weighted by molar-refractivity contribution is 7.99. The molecule has 0 spiro atoms. The molecule has 0 radical (unpaired) electrons. The minimum absolute atomic E-state index is 0.00331. The third kappa shape index (κ3) is 3.70. The van der Waals surface area contributed by atoms with E-state index in [9.17, 15) is 0 Å². The molecule has 0 saturated carbocycles. The van der Waals surface area contributed by atoms with Crippen LogP contribution >= 0.6 is 35.0 Å². The highest BCUT2D eigenvalue weighted by Gasteiger charge is 2.15. The standard InChI is InChI=1S/C14H17Cl2N3S/c1-9-14(16)12(19(2)18-9)7-10(17)8-20-13-6-4-3-5-11(13)15/h3-6,10H,7-8,17H2,1-2H3. The number of halogens is 2. The van der Waals surface area contributed by atoms with Crippen LogP contribution in [0.2, 0.25) is 10.0 Å². The summed E-state index contributed by atoms with van der Waals surface area (Å²) in [5.41, 5.74) is 8.01. The number of rotatable bonds is 5. The normalized spacial score (nSPS) is 12.7. The lowest BCUT2D eigenvalue weighted by molar-refractivity contribution is 0.653. The van der Waals surface area contributed by atoms with Gasteiger partial charge in [-0.25, -0.2) is 0 Å². The molecule has 1 heterocycles. The quantitative estimate of drug-likeness (QED) is 0.850. The second-order valence-corrected chi connectivity index (χ2v) is 6.52. The number of hydrogen-bond donors (Lipinski definition) is 1. The fourth-order valence-corrected chi connectivity index (χ4v) is 3.40. The molecule has 20 heavy (non-hydrogen) atoms. The van der Waals surface area contributed by atoms with Crippen LogP contribution in [0.5, 0.6) is 0 Å². The molecule has 108 valence electrons. The Kier molecular flexibility index (Phi) is 5.38. The highest BCUT2D eigenvalue weighted by Crippen LogP contribution is 2.28. The van der Waals surface area contributed by atoms with Crippen LogP contribution in [-0.2, 0) is 13.5 Å². The smallest absolute Gasteiger partial charge is 0.0847 e. The maximum absolute atomic E-state index is 6.23. The van der Waals surface area contributed by atoms with E-state index in [2.05, 4.69) is 5.10 Å². The Balaban J connectivity index is 1.96. The fraction of sp³-hybridized carbons (Fsp3) is 0.357. The van der Waals surface area contributed by atoms with Crippen molar-refractivity contribution in [2.45, 2.75) is 24.3 Å². The molecule has 1 atom stereocenters. The molecule has 0 aliphatic rings. The van der Waals surface area contributed by atoms with E-state index < -0.39 is 0 Å². The van der Waals surface area contributed by atoms with E-state index in [1.165, 1.54) is 0 Å². The lowest BCUT2D eigenvalue weighted by Crippen LogP contribution is -2.26. The molecule has 2 rings (SSSR count). The summed E-state index contributed by atoms with van der Waals surface area (Å²) in [5, 5.41) is 5.77. The van der Waals surface area contributed by atoms with E-state index in [0.717, 1.165) is 27.1 Å². The second kappa shape index (κ2) is 6.85. The van der Waals surface area contributed by atoms with Crippen molar-refractivity contribution in [2.75, 3.05) is 5.75 Å². The van der Waals surface area contributed by atoms with E-state index in [4.69, 9.17) is 28.9 Å². The van der Waals surface area contributed by atoms with Crippen LogP contribution in [0.15, 0.2) is 29.2 Å². The largest absolute Gasteiger partial charge is 0.327 e. The third-order valence-electron chi connectivity index (χ3n) is 3.01. The molecule has 1 aromatic carbocycles. The summed E-state index contributed by atoms with van der Waals surface area (Å²) in [5.74, 6) is 0.782. The Morgan fingerprint density at radius 2 is 2.05 bits per heavy atom. The van der Waals surface area contributed by atoms with Gasteiger partial charge in [0.2, 0.25) is 0 Å². The first kappa shape index (κ1) is 15.7. The minimum atomic E-state index is 0.00331. The van der Waals surface area contributed by atoms with Gasteiger partial charge in [0, 0.05) is 30.2 Å². The van der Waals surface area contributed by atoms with E-state index >= 15 is 0 Å². The van der Waals surface area contributed by atoms with E-state index in [0.29, 0.717) is 11.4 Å². The summed E-state index contributed by atoms with van der Waals surface area (Å²) < 4.78 is 1.80. The Labute approximate surface area is 133 Å². The first-order valence-corrected chi connectivity index (χ1v) is 8.04. The molecule has 6 heteroatoms. The average Bonchev–Trinajstić information content (AvgIpc) is 2.64. The van der Waals surface area contributed by atoms with E-state index in [1.54, 1.807) is 16.4 Å². The van der Waals surface area contributed by atoms with Crippen LogP contribution in [0.1, 0.15) is 11.4 Å². The summed E-state index contributed by atoms with van der Waals surface area (Å²) >= 11 is 14.0. The monoisotopic (exact) mass is 329 g/mol. The van der Waals surface area contributed by atoms with Gasteiger partial charge in [0.15, 0.2) is 0 Å². The first-order chi connectivity index (χ1) is 9.49. The van der Waals surface area contributed by atoms with Crippen molar-refractivity contribution < 1.29 is 0 Å². The van der Waals surface area contributed by atoms with Crippen LogP contribution in [0, 0.1) is 6.92 Å². The first-order valence-electron chi connectivity index (χ1n) is 6.30. The number of thioether (sulfide) groups is 1. The van der Waals surface area contributed by atoms with Gasteiger partial charge in [-0.3, -0.25) is 4.68 Å². The molecule has 2 aromatic rings. The van der Waals surface area contributed by atoms with Gasteiger partial charge in [0.25, 0.3) is 0 Å². The van der Waals surface area contributed by atoms with Crippen LogP contribution in [0.3, 0.4) is 0 Å². The zero-order valence-corrected chi connectivity index (χ0v) is 13.8. The summed E-state index contributed by atoms with van der Waals surface area (Å²) in [6.45, 7) is 1.90. The highest BCUT2D eigenvalue weighted by atomic mass is 35.5. The molecular weight excluding hydrogens is 313 g/mol. The molecule has 0 saturated heterocycles. The van der Waals surface area contributed by atoms with Gasteiger partial charge in [-0.05, 0) is 19.1 Å². The van der Waals surface area contributed by atoms with Crippen molar-refractivity contribution in [3.05, 3.63) is 45.7 Å². The van der Waals surface area contributed by atoms with Crippen molar-refractivity contribution in [1.29, 1.82) is 0 Å².